The molecule has 0 unspecified atom stereocenters. The van der Waals surface area contributed by atoms with E-state index in [2.05, 4.69) is 132 Å². The molecule has 0 heterocycles. The Balaban J connectivity index is -0.0000000501. The topological polar surface area (TPSA) is 0 Å². The molecule has 38 heavy (non-hydrogen) atoms. The van der Waals surface area contributed by atoms with E-state index < -0.39 is 0 Å². The van der Waals surface area contributed by atoms with Crippen LogP contribution in [0.25, 0.3) is 0 Å². The summed E-state index contributed by atoms with van der Waals surface area (Å²) < 4.78 is 0. The predicted molar refractivity (Wildman–Crippen MR) is 188 cm³/mol. The molecule has 0 spiro atoms. The second-order valence-electron chi connectivity index (χ2n) is 9.59. The summed E-state index contributed by atoms with van der Waals surface area (Å²) in [5.74, 6) is 2.97. The maximum absolute atomic E-state index is 2.21. The van der Waals surface area contributed by atoms with Crippen LogP contribution in [0.5, 0.6) is 0 Å². The van der Waals surface area contributed by atoms with Crippen molar-refractivity contribution in [3.05, 3.63) is 70.8 Å². The summed E-state index contributed by atoms with van der Waals surface area (Å²) in [6.45, 7) is 42.1. The first kappa shape index (κ1) is 56.7. The zero-order valence-electron chi connectivity index (χ0n) is 30.1. The van der Waals surface area contributed by atoms with Crippen LogP contribution in [0.4, 0.5) is 0 Å². The normalized spacial score (nSPS) is 8.00. The van der Waals surface area contributed by atoms with E-state index in [0.29, 0.717) is 11.8 Å². The molecule has 2 heteroatoms. The van der Waals surface area contributed by atoms with Gasteiger partial charge in [-0.2, -0.15) is 0 Å². The first-order chi connectivity index (χ1) is 16.9. The largest absolute Gasteiger partial charge is 0.0683 e. The summed E-state index contributed by atoms with van der Waals surface area (Å²) in [5.41, 5.74) is 5.52. The van der Waals surface area contributed by atoms with Crippen molar-refractivity contribution in [1.29, 1.82) is 0 Å². The molecular weight excluding hydrogens is 454 g/mol. The number of aryl methyl sites for hydroxylation is 2. The zero-order chi connectivity index (χ0) is 30.3. The molecule has 0 aliphatic rings. The summed E-state index contributed by atoms with van der Waals surface area (Å²) in [5, 5.41) is 0. The van der Waals surface area contributed by atoms with Gasteiger partial charge in [0.15, 0.2) is 0 Å². The second-order valence-corrected chi connectivity index (χ2v) is 9.59. The van der Waals surface area contributed by atoms with Gasteiger partial charge in [-0.3, -0.25) is 0 Å². The van der Waals surface area contributed by atoms with Gasteiger partial charge in [0.2, 0.25) is 0 Å². The minimum Gasteiger partial charge on any atom is -0.0683 e. The van der Waals surface area contributed by atoms with E-state index in [4.69, 9.17) is 0 Å². The molecule has 0 aliphatic carbocycles. The quantitative estimate of drug-likeness (QED) is 0.341. The lowest BCUT2D eigenvalue weighted by atomic mass is 10.0. The summed E-state index contributed by atoms with van der Waals surface area (Å²) in [6, 6.07) is 17.4. The van der Waals surface area contributed by atoms with Gasteiger partial charge >= 0.3 is 0 Å². The van der Waals surface area contributed by atoms with Gasteiger partial charge in [-0.25, -0.2) is 0 Å². The maximum Gasteiger partial charge on any atom is 0 e. The number of hydrogen-bond donors (Lipinski definition) is 0. The molecule has 0 fully saturated rings. The van der Waals surface area contributed by atoms with Crippen LogP contribution in [0, 0.1) is 25.7 Å². The fourth-order valence-corrected chi connectivity index (χ4v) is 1.90. The molecule has 2 aromatic rings. The maximum atomic E-state index is 2.21. The molecule has 0 atom stereocenters. The Hall–Kier alpha value is -1.43. The fourth-order valence-electron chi connectivity index (χ4n) is 1.90. The van der Waals surface area contributed by atoms with E-state index in [1.807, 2.05) is 55.4 Å². The second kappa shape index (κ2) is 45.5. The van der Waals surface area contributed by atoms with Crippen LogP contribution in [-0.2, 0) is 0 Å². The minimum atomic E-state index is 0. The highest BCUT2D eigenvalue weighted by molar-refractivity contribution is 5.76. The first-order valence-corrected chi connectivity index (χ1v) is 15.0. The van der Waals surface area contributed by atoms with Gasteiger partial charge in [0, 0.05) is 16.8 Å². The molecular formula is C36H72B2. The monoisotopic (exact) mass is 527 g/mol. The lowest BCUT2D eigenvalue weighted by Crippen LogP contribution is -1.85. The third-order valence-electron chi connectivity index (χ3n) is 3.49. The lowest BCUT2D eigenvalue weighted by Gasteiger charge is -2.03. The Morgan fingerprint density at radius 3 is 0.579 bits per heavy atom. The molecule has 0 aliphatic heterocycles. The Morgan fingerprint density at radius 1 is 0.342 bits per heavy atom. The van der Waals surface area contributed by atoms with Crippen molar-refractivity contribution in [2.45, 2.75) is 150 Å². The van der Waals surface area contributed by atoms with Gasteiger partial charge in [0.1, 0.15) is 0 Å². The van der Waals surface area contributed by atoms with Crippen molar-refractivity contribution in [1.82, 2.24) is 0 Å². The van der Waals surface area contributed by atoms with Crippen LogP contribution < -0.4 is 0 Å². The van der Waals surface area contributed by atoms with E-state index >= 15 is 0 Å². The van der Waals surface area contributed by atoms with E-state index in [-0.39, 0.29) is 16.8 Å². The highest BCUT2D eigenvalue weighted by Gasteiger charge is 1.96. The molecule has 0 N–H and O–H groups in total. The predicted octanol–water partition coefficient (Wildman–Crippen LogP) is 12.9. The average Bonchev–Trinajstić information content (AvgIpc) is 2.84. The van der Waals surface area contributed by atoms with Crippen LogP contribution in [0.15, 0.2) is 48.5 Å². The third kappa shape index (κ3) is 55.2. The van der Waals surface area contributed by atoms with Crippen LogP contribution in [0.3, 0.4) is 0 Å². The van der Waals surface area contributed by atoms with Crippen molar-refractivity contribution in [2.24, 2.45) is 11.8 Å². The fraction of sp³-hybridized carbons (Fsp3) is 0.667. The van der Waals surface area contributed by atoms with Crippen molar-refractivity contribution in [3.63, 3.8) is 0 Å². The molecule has 0 saturated carbocycles. The van der Waals surface area contributed by atoms with Crippen LogP contribution in [0.1, 0.15) is 159 Å². The van der Waals surface area contributed by atoms with Gasteiger partial charge in [-0.05, 0) is 48.6 Å². The molecule has 2 aromatic carbocycles. The summed E-state index contributed by atoms with van der Waals surface area (Å²) >= 11 is 0. The van der Waals surface area contributed by atoms with Gasteiger partial charge in [0.25, 0.3) is 0 Å². The Kier molecular flexibility index (Phi) is 67.9. The molecule has 0 nitrogen and oxygen atoms in total. The van der Waals surface area contributed by atoms with Crippen LogP contribution in [0.2, 0.25) is 0 Å². The summed E-state index contributed by atoms with van der Waals surface area (Å²) in [7, 11) is 0. The van der Waals surface area contributed by atoms with E-state index in [1.54, 1.807) is 0 Å². The molecule has 0 bridgehead atoms. The van der Waals surface area contributed by atoms with Crippen LogP contribution in [-0.4, -0.2) is 16.8 Å². The molecule has 2 rings (SSSR count). The molecule has 0 saturated heterocycles. The van der Waals surface area contributed by atoms with E-state index in [0.717, 1.165) is 11.8 Å². The summed E-state index contributed by atoms with van der Waals surface area (Å²) in [6.07, 6.45) is 0. The smallest absolute Gasteiger partial charge is 0 e. The Labute approximate surface area is 249 Å². The van der Waals surface area contributed by atoms with E-state index in [9.17, 15) is 0 Å². The average molecular weight is 527 g/mol. The molecule has 222 valence electrons. The number of rotatable bonds is 2. The molecule has 0 aromatic heterocycles. The molecule has 0 amide bonds. The van der Waals surface area contributed by atoms with Crippen molar-refractivity contribution in [2.75, 3.05) is 0 Å². The first-order valence-electron chi connectivity index (χ1n) is 15.0. The SMILES string of the molecule is CC.CC.CC.CC.CC(C)C.CC(C)C.Cc1ccc(C(C)C)cc1.Cc1ccc(C(C)C)cc1.[B].[B]. The third-order valence-corrected chi connectivity index (χ3v) is 3.49. The van der Waals surface area contributed by atoms with Crippen LogP contribution >= 0.6 is 0 Å². The zero-order valence-corrected chi connectivity index (χ0v) is 30.1. The number of hydrogen-bond acceptors (Lipinski definition) is 0. The van der Waals surface area contributed by atoms with Gasteiger partial charge in [-0.1, -0.05) is 184 Å². The number of benzene rings is 2. The van der Waals surface area contributed by atoms with Crippen molar-refractivity contribution >= 4 is 16.8 Å². The highest BCUT2D eigenvalue weighted by atomic mass is 14.0. The van der Waals surface area contributed by atoms with Gasteiger partial charge < -0.3 is 0 Å². The molecule has 6 radical (unpaired) electrons. The Morgan fingerprint density at radius 2 is 0.474 bits per heavy atom. The van der Waals surface area contributed by atoms with Gasteiger partial charge in [-0.15, -0.1) is 0 Å². The lowest BCUT2D eigenvalue weighted by molar-refractivity contribution is 0.736. The minimum absolute atomic E-state index is 0. The van der Waals surface area contributed by atoms with Crippen molar-refractivity contribution < 1.29 is 0 Å². The van der Waals surface area contributed by atoms with E-state index in [1.165, 1.54) is 22.3 Å². The standard InChI is InChI=1S/2C10H14.2C4H10.4C2H6.2B/c2*1-8(2)10-6-4-9(3)5-7-10;2*1-4(2)3;4*1-2;;/h2*4-8H,1-3H3;2*4H,1-3H3;4*1-2H3;;. The summed E-state index contributed by atoms with van der Waals surface area (Å²) in [4.78, 5) is 0. The Bertz CT molecular complexity index is 519. The highest BCUT2D eigenvalue weighted by Crippen LogP contribution is 2.14. The van der Waals surface area contributed by atoms with Gasteiger partial charge in [0.05, 0.1) is 0 Å². The van der Waals surface area contributed by atoms with Crippen molar-refractivity contribution in [3.8, 4) is 0 Å².